The third kappa shape index (κ3) is 3.64. The minimum absolute atomic E-state index is 0.0414. The molecule has 4 heterocycles. The van der Waals surface area contributed by atoms with E-state index in [1.165, 1.54) is 10.9 Å². The van der Waals surface area contributed by atoms with Gasteiger partial charge in [0, 0.05) is 0 Å². The van der Waals surface area contributed by atoms with Crippen LogP contribution in [0.25, 0.3) is 11.2 Å². The van der Waals surface area contributed by atoms with Crippen molar-refractivity contribution in [1.82, 2.24) is 19.5 Å². The summed E-state index contributed by atoms with van der Waals surface area (Å²) in [7, 11) is -10.5. The third-order valence-corrected chi connectivity index (χ3v) is 6.54. The Morgan fingerprint density at radius 2 is 2.14 bits per heavy atom. The van der Waals surface area contributed by atoms with Gasteiger partial charge in [-0.05, 0) is 0 Å². The van der Waals surface area contributed by atoms with Crippen LogP contribution in [0.4, 0.5) is 5.95 Å². The van der Waals surface area contributed by atoms with Crippen LogP contribution in [0.2, 0.25) is 0 Å². The van der Waals surface area contributed by atoms with Crippen LogP contribution in [-0.4, -0.2) is 70.3 Å². The topological polar surface area (TPSA) is 242 Å². The fourth-order valence-electron chi connectivity index (χ4n) is 3.22. The van der Waals surface area contributed by atoms with Gasteiger partial charge in [-0.25, -0.2) is 14.1 Å². The second-order valence-corrected chi connectivity index (χ2v) is 9.21. The van der Waals surface area contributed by atoms with Crippen molar-refractivity contribution in [2.24, 2.45) is 0 Å². The van der Waals surface area contributed by atoms with Gasteiger partial charge in [-0.3, -0.25) is 18.9 Å². The molecule has 0 spiro atoms. The Morgan fingerprint density at radius 3 is 2.83 bits per heavy atom. The number of nitrogens with zero attached hydrogens (tertiary/aromatic N) is 3. The smallest absolute Gasteiger partial charge is 0.387 e. The van der Waals surface area contributed by atoms with Gasteiger partial charge in [-0.2, -0.15) is 9.29 Å². The molecule has 2 aromatic rings. The fourth-order valence-corrected chi connectivity index (χ4v) is 4.86. The van der Waals surface area contributed by atoms with Crippen molar-refractivity contribution in [3.8, 4) is 0 Å². The lowest BCUT2D eigenvalue weighted by atomic mass is 10.0. The first-order valence-electron chi connectivity index (χ1n) is 7.85. The summed E-state index contributed by atoms with van der Waals surface area (Å²) in [6.07, 6.45) is -2.18. The molecule has 2 fully saturated rings. The summed E-state index contributed by atoms with van der Waals surface area (Å²) >= 11 is 0. The number of hydrogen-bond acceptors (Lipinski definition) is 11. The molecule has 16 nitrogen and oxygen atoms in total. The molecule has 0 amide bonds. The number of anilines is 1. The number of phosphoric ester groups is 1. The van der Waals surface area contributed by atoms with Crippen LogP contribution in [0.3, 0.4) is 0 Å². The first-order chi connectivity index (χ1) is 13.4. The van der Waals surface area contributed by atoms with Gasteiger partial charge < -0.3 is 35.0 Å². The lowest BCUT2D eigenvalue weighted by molar-refractivity contribution is -0.183. The lowest BCUT2D eigenvalue weighted by Crippen LogP contribution is -2.44. The molecule has 2 saturated heterocycles. The molecule has 2 aromatic heterocycles. The monoisotopic (exact) mass is 455 g/mol. The number of phosphoric acid groups is 2. The van der Waals surface area contributed by atoms with E-state index in [-0.39, 0.29) is 23.7 Å². The molecule has 29 heavy (non-hydrogen) atoms. The van der Waals surface area contributed by atoms with Gasteiger partial charge in [0.05, 0.1) is 19.5 Å². The second kappa shape index (κ2) is 6.65. The SMILES string of the molecule is Nc1nc2c(ncn2[C@@H]2O[C@@]3(COP(=O)(O)OP(=O)(O)O)COC2[C@H]3O)c(=O)[nH]1. The standard InChI is InChI=1S/C11H15N5O11P2/c12-10-14-7-4(8(18)15-10)13-3-16(7)9-5-6(17)11(26-9,1-24-5)2-25-29(22,23)27-28(19,20)21/h3,5-6,9,17H,1-2H2,(H,22,23)(H2,19,20,21)(H3,12,14,15,18)/t5?,6-,9-,11-/m1/s1. The summed E-state index contributed by atoms with van der Waals surface area (Å²) in [5.41, 5.74) is 3.30. The second-order valence-electron chi connectivity index (χ2n) is 6.38. The number of aromatic amines is 1. The van der Waals surface area contributed by atoms with Crippen LogP contribution in [0.15, 0.2) is 11.1 Å². The van der Waals surface area contributed by atoms with Crippen LogP contribution < -0.4 is 11.3 Å². The van der Waals surface area contributed by atoms with Crippen LogP contribution in [-0.2, 0) is 27.4 Å². The number of imidazole rings is 1. The lowest BCUT2D eigenvalue weighted by Gasteiger charge is -2.31. The predicted molar refractivity (Wildman–Crippen MR) is 90.1 cm³/mol. The number of ether oxygens (including phenoxy) is 2. The first kappa shape index (κ1) is 20.6. The average molecular weight is 455 g/mol. The minimum atomic E-state index is -5.31. The van der Waals surface area contributed by atoms with E-state index in [2.05, 4.69) is 23.8 Å². The van der Waals surface area contributed by atoms with Gasteiger partial charge in [0.25, 0.3) is 5.56 Å². The number of H-pyrrole nitrogens is 1. The van der Waals surface area contributed by atoms with E-state index in [4.69, 9.17) is 25.0 Å². The van der Waals surface area contributed by atoms with Crippen molar-refractivity contribution in [1.29, 1.82) is 0 Å². The summed E-state index contributed by atoms with van der Waals surface area (Å²) < 4.78 is 43.3. The first-order valence-corrected chi connectivity index (χ1v) is 10.9. The van der Waals surface area contributed by atoms with Crippen molar-refractivity contribution in [2.45, 2.75) is 24.0 Å². The van der Waals surface area contributed by atoms with E-state index in [0.717, 1.165) is 0 Å². The highest BCUT2D eigenvalue weighted by atomic mass is 31.3. The zero-order chi connectivity index (χ0) is 21.2. The van der Waals surface area contributed by atoms with Gasteiger partial charge in [-0.15, -0.1) is 0 Å². The van der Waals surface area contributed by atoms with Crippen molar-refractivity contribution in [2.75, 3.05) is 18.9 Å². The van der Waals surface area contributed by atoms with Gasteiger partial charge in [0.15, 0.2) is 17.4 Å². The molecule has 5 atom stereocenters. The Kier molecular flexibility index (Phi) is 4.71. The van der Waals surface area contributed by atoms with Crippen LogP contribution in [0.1, 0.15) is 6.23 Å². The van der Waals surface area contributed by atoms with Crippen LogP contribution >= 0.6 is 15.6 Å². The molecule has 2 bridgehead atoms. The summed E-state index contributed by atoms with van der Waals surface area (Å²) in [5.74, 6) is -0.178. The van der Waals surface area contributed by atoms with E-state index in [1.807, 2.05) is 0 Å². The van der Waals surface area contributed by atoms with Crippen molar-refractivity contribution < 1.29 is 47.2 Å². The Labute approximate surface area is 160 Å². The maximum atomic E-state index is 11.9. The molecule has 0 saturated carbocycles. The molecule has 0 aromatic carbocycles. The highest BCUT2D eigenvalue weighted by Gasteiger charge is 2.62. The molecular weight excluding hydrogens is 440 g/mol. The number of nitrogen functional groups attached to an aromatic ring is 1. The summed E-state index contributed by atoms with van der Waals surface area (Å²) in [4.78, 5) is 48.8. The predicted octanol–water partition coefficient (Wildman–Crippen LogP) is -2.04. The van der Waals surface area contributed by atoms with Crippen molar-refractivity contribution in [3.63, 3.8) is 0 Å². The summed E-state index contributed by atoms with van der Waals surface area (Å²) in [6, 6.07) is 0. The third-order valence-electron chi connectivity index (χ3n) is 4.41. The number of aromatic nitrogens is 4. The number of nitrogens with two attached hydrogens (primary N) is 1. The van der Waals surface area contributed by atoms with E-state index < -0.39 is 51.8 Å². The number of hydrogen-bond donors (Lipinski definition) is 6. The molecule has 2 aliphatic rings. The molecule has 0 radical (unpaired) electrons. The number of aliphatic hydroxyl groups is 1. The Hall–Kier alpha value is -1.71. The normalized spacial score (nSPS) is 31.4. The van der Waals surface area contributed by atoms with E-state index in [0.29, 0.717) is 0 Å². The average Bonchev–Trinajstić information content (AvgIpc) is 3.21. The number of nitrogens with one attached hydrogen (secondary N) is 1. The van der Waals surface area contributed by atoms with Gasteiger partial charge >= 0.3 is 15.6 Å². The van der Waals surface area contributed by atoms with Gasteiger partial charge in [-0.1, -0.05) is 0 Å². The highest BCUT2D eigenvalue weighted by molar-refractivity contribution is 7.60. The molecule has 0 aliphatic carbocycles. The van der Waals surface area contributed by atoms with E-state index in [9.17, 15) is 23.9 Å². The van der Waals surface area contributed by atoms with Gasteiger partial charge in [0.1, 0.15) is 17.8 Å². The fraction of sp³-hybridized carbons (Fsp3) is 0.545. The molecule has 2 aliphatic heterocycles. The quantitative estimate of drug-likeness (QED) is 0.257. The maximum Gasteiger partial charge on any atom is 0.481 e. The zero-order valence-electron chi connectivity index (χ0n) is 14.2. The van der Waals surface area contributed by atoms with E-state index >= 15 is 0 Å². The Morgan fingerprint density at radius 1 is 1.41 bits per heavy atom. The Bertz CT molecular complexity index is 1110. The number of rotatable bonds is 6. The molecule has 4 rings (SSSR count). The number of fused-ring (bicyclic) bond motifs is 3. The van der Waals surface area contributed by atoms with Crippen molar-refractivity contribution >= 4 is 32.8 Å². The largest absolute Gasteiger partial charge is 0.481 e. The molecule has 7 N–H and O–H groups in total. The molecular formula is C11H15N5O11P2. The Balaban J connectivity index is 1.60. The maximum absolute atomic E-state index is 11.9. The van der Waals surface area contributed by atoms with Crippen molar-refractivity contribution in [3.05, 3.63) is 16.7 Å². The summed E-state index contributed by atoms with van der Waals surface area (Å²) in [6.45, 7) is -1.05. The zero-order valence-corrected chi connectivity index (χ0v) is 16.0. The van der Waals surface area contributed by atoms with Gasteiger partial charge in [0.2, 0.25) is 5.95 Å². The minimum Gasteiger partial charge on any atom is -0.387 e. The highest BCUT2D eigenvalue weighted by Crippen LogP contribution is 2.58. The number of aliphatic hydroxyl groups excluding tert-OH is 1. The molecule has 160 valence electrons. The van der Waals surface area contributed by atoms with Crippen LogP contribution in [0, 0.1) is 0 Å². The molecule has 18 heteroatoms. The summed E-state index contributed by atoms with van der Waals surface area (Å²) in [5, 5.41) is 10.5. The van der Waals surface area contributed by atoms with E-state index in [1.54, 1.807) is 0 Å². The molecule has 2 unspecified atom stereocenters. The van der Waals surface area contributed by atoms with Crippen LogP contribution in [0.5, 0.6) is 0 Å².